The lowest BCUT2D eigenvalue weighted by atomic mass is 9.96. The van der Waals surface area contributed by atoms with E-state index in [4.69, 9.17) is 0 Å². The first-order chi connectivity index (χ1) is 7.20. The monoisotopic (exact) mass is 230 g/mol. The molecule has 0 aliphatic rings. The minimum atomic E-state index is 0.910. The van der Waals surface area contributed by atoms with Crippen LogP contribution in [0.3, 0.4) is 0 Å². The van der Waals surface area contributed by atoms with Crippen LogP contribution in [0.2, 0.25) is 0 Å². The number of rotatable bonds is 10. The van der Waals surface area contributed by atoms with Crippen LogP contribution in [0.25, 0.3) is 0 Å². The van der Waals surface area contributed by atoms with Gasteiger partial charge in [-0.1, -0.05) is 72.1 Å². The molecule has 0 amide bonds. The van der Waals surface area contributed by atoms with Gasteiger partial charge in [-0.25, -0.2) is 0 Å². The van der Waals surface area contributed by atoms with Crippen LogP contribution in [0.1, 0.15) is 72.1 Å². The molecule has 0 nitrogen and oxygen atoms in total. The predicted octanol–water partition coefficient (Wildman–Crippen LogP) is 5.27. The average molecular weight is 230 g/mol. The smallest absolute Gasteiger partial charge is 0.0355 e. The van der Waals surface area contributed by atoms with Crippen LogP contribution >= 0.6 is 9.24 Å². The molecular formula is C14H31P. The van der Waals surface area contributed by atoms with Crippen LogP contribution in [0.4, 0.5) is 0 Å². The maximum absolute atomic E-state index is 2.85. The maximum Gasteiger partial charge on any atom is -0.0355 e. The molecule has 0 aromatic carbocycles. The maximum atomic E-state index is 2.85. The molecule has 0 aromatic heterocycles. The summed E-state index contributed by atoms with van der Waals surface area (Å²) in [6.07, 6.45) is 12.7. The summed E-state index contributed by atoms with van der Waals surface area (Å²) in [6.45, 7) is 7.06. The molecule has 3 unspecified atom stereocenters. The second-order valence-corrected chi connectivity index (χ2v) is 5.70. The van der Waals surface area contributed by atoms with Crippen LogP contribution in [0, 0.1) is 11.8 Å². The molecule has 0 fully saturated rings. The zero-order valence-electron chi connectivity index (χ0n) is 11.1. The third kappa shape index (κ3) is 10.7. The van der Waals surface area contributed by atoms with Crippen LogP contribution in [0.5, 0.6) is 0 Å². The molecule has 0 saturated heterocycles. The summed E-state index contributed by atoms with van der Waals surface area (Å²) in [7, 11) is 2.85. The van der Waals surface area contributed by atoms with E-state index >= 15 is 0 Å². The van der Waals surface area contributed by atoms with E-state index in [1.54, 1.807) is 0 Å². The zero-order chi connectivity index (χ0) is 11.5. The SMILES string of the molecule is CCCCC(C)CCCCCC(C)CP. The summed E-state index contributed by atoms with van der Waals surface area (Å²) in [4.78, 5) is 0. The fourth-order valence-corrected chi connectivity index (χ4v) is 2.21. The van der Waals surface area contributed by atoms with Gasteiger partial charge in [-0.15, -0.1) is 9.24 Å². The van der Waals surface area contributed by atoms with Crippen molar-refractivity contribution < 1.29 is 0 Å². The van der Waals surface area contributed by atoms with Gasteiger partial charge in [0.2, 0.25) is 0 Å². The van der Waals surface area contributed by atoms with E-state index in [2.05, 4.69) is 30.0 Å². The lowest BCUT2D eigenvalue weighted by molar-refractivity contribution is 0.435. The van der Waals surface area contributed by atoms with Crippen molar-refractivity contribution in [1.82, 2.24) is 0 Å². The molecular weight excluding hydrogens is 199 g/mol. The molecule has 0 aromatic rings. The third-order valence-corrected chi connectivity index (χ3v) is 4.15. The van der Waals surface area contributed by atoms with Crippen LogP contribution < -0.4 is 0 Å². The van der Waals surface area contributed by atoms with E-state index in [9.17, 15) is 0 Å². The Labute approximate surface area is 99.8 Å². The molecule has 0 rings (SSSR count). The summed E-state index contributed by atoms with van der Waals surface area (Å²) in [6, 6.07) is 0. The highest BCUT2D eigenvalue weighted by atomic mass is 31.0. The van der Waals surface area contributed by atoms with E-state index in [-0.39, 0.29) is 0 Å². The van der Waals surface area contributed by atoms with E-state index in [0.29, 0.717) is 0 Å². The van der Waals surface area contributed by atoms with Gasteiger partial charge in [-0.3, -0.25) is 0 Å². The van der Waals surface area contributed by atoms with Crippen molar-refractivity contribution in [3.8, 4) is 0 Å². The lowest BCUT2D eigenvalue weighted by Gasteiger charge is -2.11. The van der Waals surface area contributed by atoms with Gasteiger partial charge in [-0.2, -0.15) is 0 Å². The first-order valence-corrected chi connectivity index (χ1v) is 7.72. The van der Waals surface area contributed by atoms with Crippen LogP contribution in [0.15, 0.2) is 0 Å². The Hall–Kier alpha value is 0.430. The Kier molecular flexibility index (Phi) is 11.2. The van der Waals surface area contributed by atoms with Crippen molar-refractivity contribution in [2.75, 3.05) is 6.16 Å². The molecule has 0 N–H and O–H groups in total. The zero-order valence-corrected chi connectivity index (χ0v) is 12.3. The molecule has 0 aliphatic carbocycles. The highest BCUT2D eigenvalue weighted by Gasteiger charge is 2.02. The quantitative estimate of drug-likeness (QED) is 0.354. The van der Waals surface area contributed by atoms with Gasteiger partial charge in [0, 0.05) is 0 Å². The van der Waals surface area contributed by atoms with Crippen molar-refractivity contribution in [1.29, 1.82) is 0 Å². The Morgan fingerprint density at radius 2 is 1.33 bits per heavy atom. The topological polar surface area (TPSA) is 0 Å². The van der Waals surface area contributed by atoms with E-state index in [1.165, 1.54) is 57.5 Å². The van der Waals surface area contributed by atoms with Crippen molar-refractivity contribution >= 4 is 9.24 Å². The second kappa shape index (κ2) is 10.9. The van der Waals surface area contributed by atoms with E-state index in [0.717, 1.165) is 11.8 Å². The second-order valence-electron chi connectivity index (χ2n) is 5.23. The third-order valence-electron chi connectivity index (χ3n) is 3.35. The molecule has 0 spiro atoms. The first kappa shape index (κ1) is 15.4. The van der Waals surface area contributed by atoms with Crippen molar-refractivity contribution in [3.63, 3.8) is 0 Å². The Morgan fingerprint density at radius 3 is 1.87 bits per heavy atom. The molecule has 0 radical (unpaired) electrons. The van der Waals surface area contributed by atoms with Gasteiger partial charge in [0.1, 0.15) is 0 Å². The van der Waals surface area contributed by atoms with Gasteiger partial charge in [0.25, 0.3) is 0 Å². The average Bonchev–Trinajstić information content (AvgIpc) is 2.25. The molecule has 3 atom stereocenters. The van der Waals surface area contributed by atoms with Gasteiger partial charge in [0.15, 0.2) is 0 Å². The molecule has 0 aliphatic heterocycles. The predicted molar refractivity (Wildman–Crippen MR) is 75.5 cm³/mol. The Morgan fingerprint density at radius 1 is 0.800 bits per heavy atom. The molecule has 0 bridgehead atoms. The van der Waals surface area contributed by atoms with Crippen LogP contribution in [-0.4, -0.2) is 6.16 Å². The van der Waals surface area contributed by atoms with Gasteiger partial charge in [-0.05, 0) is 18.0 Å². The Bertz CT molecular complexity index is 123. The normalized spacial score (nSPS) is 15.2. The summed E-state index contributed by atoms with van der Waals surface area (Å²) in [5, 5.41) is 0. The largest absolute Gasteiger partial charge is 0.137 e. The van der Waals surface area contributed by atoms with E-state index in [1.807, 2.05) is 0 Å². The van der Waals surface area contributed by atoms with Crippen molar-refractivity contribution in [2.45, 2.75) is 72.1 Å². The number of unbranched alkanes of at least 4 members (excludes halogenated alkanes) is 3. The molecule has 1 heteroatoms. The Balaban J connectivity index is 3.16. The van der Waals surface area contributed by atoms with E-state index < -0.39 is 0 Å². The summed E-state index contributed by atoms with van der Waals surface area (Å²) in [5.74, 6) is 1.87. The summed E-state index contributed by atoms with van der Waals surface area (Å²) >= 11 is 0. The minimum absolute atomic E-state index is 0.910. The molecule has 92 valence electrons. The number of hydrogen-bond acceptors (Lipinski definition) is 0. The number of hydrogen-bond donors (Lipinski definition) is 0. The molecule has 0 heterocycles. The van der Waals surface area contributed by atoms with Crippen molar-refractivity contribution in [3.05, 3.63) is 0 Å². The highest BCUT2D eigenvalue weighted by Crippen LogP contribution is 2.17. The minimum Gasteiger partial charge on any atom is -0.137 e. The van der Waals surface area contributed by atoms with Gasteiger partial charge in [0.05, 0.1) is 0 Å². The molecule has 0 saturated carbocycles. The summed E-state index contributed by atoms with van der Waals surface area (Å²) < 4.78 is 0. The summed E-state index contributed by atoms with van der Waals surface area (Å²) in [5.41, 5.74) is 0. The fraction of sp³-hybridized carbons (Fsp3) is 1.00. The lowest BCUT2D eigenvalue weighted by Crippen LogP contribution is -1.97. The fourth-order valence-electron chi connectivity index (χ4n) is 1.98. The first-order valence-electron chi connectivity index (χ1n) is 6.90. The van der Waals surface area contributed by atoms with Gasteiger partial charge < -0.3 is 0 Å². The standard InChI is InChI=1S/C14H31P/c1-4-5-9-13(2)10-7-6-8-11-14(3)12-15/h13-14H,4-12,15H2,1-3H3. The molecule has 15 heavy (non-hydrogen) atoms. The van der Waals surface area contributed by atoms with Gasteiger partial charge >= 0.3 is 0 Å². The van der Waals surface area contributed by atoms with Crippen LogP contribution in [-0.2, 0) is 0 Å². The highest BCUT2D eigenvalue weighted by molar-refractivity contribution is 7.16. The van der Waals surface area contributed by atoms with Crippen molar-refractivity contribution in [2.24, 2.45) is 11.8 Å².